The van der Waals surface area contributed by atoms with Crippen molar-refractivity contribution < 1.29 is 23.1 Å². The molecule has 1 heterocycles. The minimum absolute atomic E-state index is 0.104. The summed E-state index contributed by atoms with van der Waals surface area (Å²) in [5, 5.41) is 11.8. The molecule has 19 heavy (non-hydrogen) atoms. The fourth-order valence-corrected chi connectivity index (χ4v) is 2.20. The molecule has 1 atom stereocenters. The van der Waals surface area contributed by atoms with Crippen molar-refractivity contribution in [2.24, 2.45) is 5.92 Å². The monoisotopic (exact) mass is 282 g/mol. The lowest BCUT2D eigenvalue weighted by Gasteiger charge is -2.34. The minimum Gasteiger partial charge on any atom is -0.480 e. The number of rotatable bonds is 5. The van der Waals surface area contributed by atoms with Gasteiger partial charge >= 0.3 is 12.1 Å². The van der Waals surface area contributed by atoms with Crippen LogP contribution in [0.2, 0.25) is 0 Å². The normalized spacial score (nSPS) is 22.2. The number of alkyl halides is 3. The van der Waals surface area contributed by atoms with E-state index in [0.29, 0.717) is 26.1 Å². The summed E-state index contributed by atoms with van der Waals surface area (Å²) in [5.41, 5.74) is -1.03. The van der Waals surface area contributed by atoms with Crippen molar-refractivity contribution in [3.63, 3.8) is 0 Å². The van der Waals surface area contributed by atoms with Crippen molar-refractivity contribution in [1.29, 1.82) is 0 Å². The van der Waals surface area contributed by atoms with Crippen LogP contribution in [-0.4, -0.2) is 54.4 Å². The van der Waals surface area contributed by atoms with Gasteiger partial charge < -0.3 is 15.3 Å². The Morgan fingerprint density at radius 3 is 2.26 bits per heavy atom. The van der Waals surface area contributed by atoms with Gasteiger partial charge in [0.2, 0.25) is 0 Å². The third-order valence-electron chi connectivity index (χ3n) is 4.00. The van der Waals surface area contributed by atoms with Crippen molar-refractivity contribution in [3.8, 4) is 0 Å². The van der Waals surface area contributed by atoms with E-state index in [1.165, 1.54) is 0 Å². The number of halogens is 3. The minimum atomic E-state index is -4.10. The van der Waals surface area contributed by atoms with Crippen LogP contribution < -0.4 is 5.32 Å². The SMILES string of the molecule is CNC(C)(CCN1CCC(C(F)(F)F)CC1)C(=O)O. The molecule has 1 saturated heterocycles. The van der Waals surface area contributed by atoms with Crippen molar-refractivity contribution >= 4 is 5.97 Å². The maximum atomic E-state index is 12.5. The molecule has 1 unspecified atom stereocenters. The Morgan fingerprint density at radius 1 is 1.37 bits per heavy atom. The summed E-state index contributed by atoms with van der Waals surface area (Å²) in [6, 6.07) is 0. The number of nitrogens with one attached hydrogen (secondary N) is 1. The van der Waals surface area contributed by atoms with Crippen molar-refractivity contribution in [3.05, 3.63) is 0 Å². The van der Waals surface area contributed by atoms with Gasteiger partial charge in [-0.05, 0) is 46.3 Å². The first-order valence-corrected chi connectivity index (χ1v) is 6.40. The zero-order valence-corrected chi connectivity index (χ0v) is 11.3. The number of piperidine rings is 1. The second-order valence-electron chi connectivity index (χ2n) is 5.29. The van der Waals surface area contributed by atoms with Gasteiger partial charge in [-0.1, -0.05) is 0 Å². The maximum Gasteiger partial charge on any atom is 0.391 e. The fraction of sp³-hybridized carbons (Fsp3) is 0.917. The molecule has 1 rings (SSSR count). The second-order valence-corrected chi connectivity index (χ2v) is 5.29. The van der Waals surface area contributed by atoms with Crippen molar-refractivity contribution in [2.75, 3.05) is 26.7 Å². The van der Waals surface area contributed by atoms with Gasteiger partial charge in [-0.2, -0.15) is 13.2 Å². The number of hydrogen-bond donors (Lipinski definition) is 2. The van der Waals surface area contributed by atoms with Crippen LogP contribution in [0.25, 0.3) is 0 Å². The molecule has 0 amide bonds. The molecule has 112 valence electrons. The van der Waals surface area contributed by atoms with Crippen LogP contribution in [0.15, 0.2) is 0 Å². The van der Waals surface area contributed by atoms with Gasteiger partial charge in [0.1, 0.15) is 5.54 Å². The quantitative estimate of drug-likeness (QED) is 0.806. The smallest absolute Gasteiger partial charge is 0.391 e. The van der Waals surface area contributed by atoms with E-state index in [1.807, 2.05) is 4.90 Å². The molecule has 0 aromatic heterocycles. The largest absolute Gasteiger partial charge is 0.480 e. The van der Waals surface area contributed by atoms with Gasteiger partial charge in [0.15, 0.2) is 0 Å². The molecule has 1 aliphatic rings. The Labute approximate surface area is 111 Å². The van der Waals surface area contributed by atoms with Gasteiger partial charge in [-0.15, -0.1) is 0 Å². The Bertz CT molecular complexity index is 315. The lowest BCUT2D eigenvalue weighted by atomic mass is 9.94. The van der Waals surface area contributed by atoms with Crippen LogP contribution in [0.3, 0.4) is 0 Å². The topological polar surface area (TPSA) is 52.6 Å². The lowest BCUT2D eigenvalue weighted by molar-refractivity contribution is -0.185. The Balaban J connectivity index is 2.40. The number of hydrogen-bond acceptors (Lipinski definition) is 3. The number of aliphatic carboxylic acids is 1. The summed E-state index contributed by atoms with van der Waals surface area (Å²) < 4.78 is 37.5. The molecule has 0 bridgehead atoms. The van der Waals surface area contributed by atoms with Gasteiger partial charge in [0, 0.05) is 6.54 Å². The average molecular weight is 282 g/mol. The lowest BCUT2D eigenvalue weighted by Crippen LogP contribution is -2.50. The van der Waals surface area contributed by atoms with E-state index in [-0.39, 0.29) is 12.8 Å². The molecule has 0 saturated carbocycles. The maximum absolute atomic E-state index is 12.5. The highest BCUT2D eigenvalue weighted by atomic mass is 19.4. The van der Waals surface area contributed by atoms with Crippen molar-refractivity contribution in [1.82, 2.24) is 10.2 Å². The van der Waals surface area contributed by atoms with Crippen LogP contribution in [0.5, 0.6) is 0 Å². The fourth-order valence-electron chi connectivity index (χ4n) is 2.20. The van der Waals surface area contributed by atoms with Gasteiger partial charge in [-0.3, -0.25) is 4.79 Å². The number of carbonyl (C=O) groups is 1. The van der Waals surface area contributed by atoms with E-state index in [1.54, 1.807) is 14.0 Å². The van der Waals surface area contributed by atoms with E-state index in [0.717, 1.165) is 0 Å². The average Bonchev–Trinajstić information content (AvgIpc) is 2.35. The Morgan fingerprint density at radius 2 is 1.89 bits per heavy atom. The highest BCUT2D eigenvalue weighted by molar-refractivity contribution is 5.78. The molecule has 2 N–H and O–H groups in total. The molecule has 0 radical (unpaired) electrons. The van der Waals surface area contributed by atoms with E-state index < -0.39 is 23.6 Å². The molecule has 1 aliphatic heterocycles. The molecule has 1 fully saturated rings. The van der Waals surface area contributed by atoms with E-state index in [9.17, 15) is 18.0 Å². The Kier molecular flexibility index (Phi) is 5.20. The second kappa shape index (κ2) is 6.09. The highest BCUT2D eigenvalue weighted by Crippen LogP contribution is 2.34. The summed E-state index contributed by atoms with van der Waals surface area (Å²) in [7, 11) is 1.57. The zero-order valence-electron chi connectivity index (χ0n) is 11.3. The molecule has 0 aromatic rings. The van der Waals surface area contributed by atoms with Crippen LogP contribution in [-0.2, 0) is 4.79 Å². The summed E-state index contributed by atoms with van der Waals surface area (Å²) in [5.74, 6) is -2.15. The highest BCUT2D eigenvalue weighted by Gasteiger charge is 2.41. The third-order valence-corrected chi connectivity index (χ3v) is 4.00. The molecule has 0 aliphatic carbocycles. The van der Waals surface area contributed by atoms with Gasteiger partial charge in [0.05, 0.1) is 5.92 Å². The number of carboxylic acid groups (broad SMARTS) is 1. The van der Waals surface area contributed by atoms with Crippen molar-refractivity contribution in [2.45, 2.75) is 37.9 Å². The first kappa shape index (κ1) is 16.2. The van der Waals surface area contributed by atoms with Crippen LogP contribution in [0, 0.1) is 5.92 Å². The zero-order chi connectivity index (χ0) is 14.7. The number of likely N-dealkylation sites (N-methyl/N-ethyl adjacent to an activating group) is 1. The first-order valence-electron chi connectivity index (χ1n) is 6.40. The summed E-state index contributed by atoms with van der Waals surface area (Å²) >= 11 is 0. The van der Waals surface area contributed by atoms with Crippen LogP contribution in [0.4, 0.5) is 13.2 Å². The van der Waals surface area contributed by atoms with E-state index in [4.69, 9.17) is 5.11 Å². The number of likely N-dealkylation sites (tertiary alicyclic amines) is 1. The third kappa shape index (κ3) is 4.35. The van der Waals surface area contributed by atoms with Gasteiger partial charge in [-0.25, -0.2) is 0 Å². The van der Waals surface area contributed by atoms with Gasteiger partial charge in [0.25, 0.3) is 0 Å². The number of nitrogens with zero attached hydrogens (tertiary/aromatic N) is 1. The predicted molar refractivity (Wildman–Crippen MR) is 64.9 cm³/mol. The molecule has 7 heteroatoms. The van der Waals surface area contributed by atoms with Crippen LogP contribution >= 0.6 is 0 Å². The van der Waals surface area contributed by atoms with E-state index >= 15 is 0 Å². The Hall–Kier alpha value is -0.820. The summed E-state index contributed by atoms with van der Waals surface area (Å²) in [6.07, 6.45) is -3.53. The standard InChI is InChI=1S/C12H21F3N2O2/c1-11(16-2,10(18)19)5-8-17-6-3-9(4-7-17)12(13,14)15/h9,16H,3-8H2,1-2H3,(H,18,19). The van der Waals surface area contributed by atoms with Crippen LogP contribution in [0.1, 0.15) is 26.2 Å². The number of carboxylic acids is 1. The summed E-state index contributed by atoms with van der Waals surface area (Å²) in [4.78, 5) is 13.0. The first-order chi connectivity index (χ1) is 8.69. The van der Waals surface area contributed by atoms with E-state index in [2.05, 4.69) is 5.32 Å². The molecule has 4 nitrogen and oxygen atoms in total. The summed E-state index contributed by atoms with van der Waals surface area (Å²) in [6.45, 7) is 2.83. The predicted octanol–water partition coefficient (Wildman–Crippen LogP) is 1.71. The molecule has 0 aromatic carbocycles. The molecular weight excluding hydrogens is 261 g/mol. The molecule has 0 spiro atoms. The molecular formula is C12H21F3N2O2.